The highest BCUT2D eigenvalue weighted by Gasteiger charge is 2.43. The van der Waals surface area contributed by atoms with Crippen molar-refractivity contribution in [1.82, 2.24) is 14.7 Å². The van der Waals surface area contributed by atoms with Crippen LogP contribution in [0.1, 0.15) is 51.6 Å². The van der Waals surface area contributed by atoms with Gasteiger partial charge in [-0.15, -0.1) is 0 Å². The molecule has 32 heavy (non-hydrogen) atoms. The molecular formula is C25H37N3O4. The minimum Gasteiger partial charge on any atom is -0.444 e. The number of amides is 2. The van der Waals surface area contributed by atoms with Crippen molar-refractivity contribution >= 4 is 12.0 Å². The first-order chi connectivity index (χ1) is 15.5. The Balaban J connectivity index is 0.00000259. The molecule has 2 amide bonds. The number of carbonyl (C=O) groups is 2. The molecule has 0 radical (unpaired) electrons. The van der Waals surface area contributed by atoms with Crippen molar-refractivity contribution in [3.8, 4) is 0 Å². The van der Waals surface area contributed by atoms with Gasteiger partial charge in [0.2, 0.25) is 5.91 Å². The molecule has 0 N–H and O–H groups in total. The fraction of sp³-hybridized carbons (Fsp3) is 0.680. The van der Waals surface area contributed by atoms with Gasteiger partial charge in [0, 0.05) is 52.4 Å². The van der Waals surface area contributed by atoms with Crippen LogP contribution in [0.15, 0.2) is 24.3 Å². The van der Waals surface area contributed by atoms with Crippen LogP contribution in [0, 0.1) is 0 Å². The van der Waals surface area contributed by atoms with Crippen LogP contribution in [0.4, 0.5) is 4.79 Å². The van der Waals surface area contributed by atoms with Crippen molar-refractivity contribution < 1.29 is 20.5 Å². The molecular weight excluding hydrogens is 406 g/mol. The zero-order valence-electron chi connectivity index (χ0n) is 19.1. The highest BCUT2D eigenvalue weighted by atomic mass is 16.6. The van der Waals surface area contributed by atoms with Gasteiger partial charge in [0.1, 0.15) is 6.10 Å². The van der Waals surface area contributed by atoms with E-state index in [1.54, 1.807) is 6.92 Å². The lowest BCUT2D eigenvalue weighted by Gasteiger charge is -2.50. The lowest BCUT2D eigenvalue weighted by molar-refractivity contribution is -0.131. The van der Waals surface area contributed by atoms with Gasteiger partial charge >= 0.3 is 6.09 Å². The predicted octanol–water partition coefficient (Wildman–Crippen LogP) is 3.02. The molecule has 0 bridgehead atoms. The Kier molecular flexibility index (Phi) is 6.12. The Morgan fingerprint density at radius 2 is 1.81 bits per heavy atom. The Morgan fingerprint density at radius 1 is 1.06 bits per heavy atom. The molecule has 5 rings (SSSR count). The molecule has 3 saturated heterocycles. The Labute approximate surface area is 192 Å². The Hall–Kier alpha value is -2.12. The Morgan fingerprint density at radius 3 is 2.50 bits per heavy atom. The van der Waals surface area contributed by atoms with E-state index in [2.05, 4.69) is 29.2 Å². The standard InChI is InChI=1S/C25H35N3O4.H2/c1-19(29)28-16-20-4-2-3-5-23(20)25(18-28)9-13-26(14-10-25)21-6-11-27(12-7-21)24(30)32-22-8-15-31-17-22;/h2-5,21-22H,6-18H2,1H3;1H. The monoisotopic (exact) mass is 443 g/mol. The van der Waals surface area contributed by atoms with Crippen molar-refractivity contribution in [2.24, 2.45) is 0 Å². The van der Waals surface area contributed by atoms with Crippen molar-refractivity contribution in [3.63, 3.8) is 0 Å². The van der Waals surface area contributed by atoms with Crippen LogP contribution in [0.25, 0.3) is 0 Å². The lowest BCUT2D eigenvalue weighted by Crippen LogP contribution is -2.56. The van der Waals surface area contributed by atoms with E-state index in [-0.39, 0.29) is 24.9 Å². The van der Waals surface area contributed by atoms with Gasteiger partial charge in [0.05, 0.1) is 13.2 Å². The van der Waals surface area contributed by atoms with E-state index in [1.165, 1.54) is 11.1 Å². The molecule has 7 nitrogen and oxygen atoms in total. The van der Waals surface area contributed by atoms with Crippen molar-refractivity contribution in [1.29, 1.82) is 0 Å². The molecule has 1 spiro atoms. The zero-order chi connectivity index (χ0) is 22.1. The number of nitrogens with zero attached hydrogens (tertiary/aromatic N) is 3. The third-order valence-corrected chi connectivity index (χ3v) is 8.04. The maximum absolute atomic E-state index is 12.4. The molecule has 0 aromatic heterocycles. The van der Waals surface area contributed by atoms with Crippen LogP contribution in [0.3, 0.4) is 0 Å². The number of piperidine rings is 2. The SMILES string of the molecule is CC(=O)N1Cc2ccccc2C2(CCN(C3CCN(C(=O)OC4CCOC4)CC3)CC2)C1.[HH]. The summed E-state index contributed by atoms with van der Waals surface area (Å²) in [6.45, 7) is 8.10. The highest BCUT2D eigenvalue weighted by molar-refractivity contribution is 5.74. The number of likely N-dealkylation sites (tertiary alicyclic amines) is 2. The molecule has 1 aromatic rings. The molecule has 7 heteroatoms. The summed E-state index contributed by atoms with van der Waals surface area (Å²) in [6, 6.07) is 9.22. The molecule has 0 aliphatic carbocycles. The molecule has 3 fully saturated rings. The number of ether oxygens (including phenoxy) is 2. The van der Waals surface area contributed by atoms with Gasteiger partial charge in [-0.1, -0.05) is 24.3 Å². The maximum atomic E-state index is 12.4. The van der Waals surface area contributed by atoms with Crippen LogP contribution in [0.5, 0.6) is 0 Å². The van der Waals surface area contributed by atoms with Crippen LogP contribution >= 0.6 is 0 Å². The van der Waals surface area contributed by atoms with Crippen LogP contribution in [-0.4, -0.2) is 84.8 Å². The third kappa shape index (κ3) is 4.25. The molecule has 4 heterocycles. The third-order valence-electron chi connectivity index (χ3n) is 8.04. The number of hydrogen-bond donors (Lipinski definition) is 0. The molecule has 0 saturated carbocycles. The van der Waals surface area contributed by atoms with Gasteiger partial charge in [-0.25, -0.2) is 4.79 Å². The van der Waals surface area contributed by atoms with Gasteiger partial charge in [-0.05, 0) is 49.9 Å². The average molecular weight is 444 g/mol. The van der Waals surface area contributed by atoms with Crippen molar-refractivity contribution in [2.45, 2.75) is 63.1 Å². The smallest absolute Gasteiger partial charge is 0.410 e. The fourth-order valence-electron chi connectivity index (χ4n) is 6.09. The van der Waals surface area contributed by atoms with E-state index in [0.29, 0.717) is 19.3 Å². The predicted molar refractivity (Wildman–Crippen MR) is 122 cm³/mol. The molecule has 4 aliphatic rings. The lowest BCUT2D eigenvalue weighted by atomic mass is 9.68. The van der Waals surface area contributed by atoms with E-state index in [1.807, 2.05) is 9.80 Å². The van der Waals surface area contributed by atoms with Gasteiger partial charge in [0.25, 0.3) is 0 Å². The second-order valence-electron chi connectivity index (χ2n) is 9.94. The summed E-state index contributed by atoms with van der Waals surface area (Å²) in [5, 5.41) is 0. The van der Waals surface area contributed by atoms with Gasteiger partial charge in [-0.2, -0.15) is 0 Å². The summed E-state index contributed by atoms with van der Waals surface area (Å²) in [5.41, 5.74) is 2.83. The first kappa shape index (κ1) is 21.7. The molecule has 176 valence electrons. The van der Waals surface area contributed by atoms with E-state index in [9.17, 15) is 9.59 Å². The number of carbonyl (C=O) groups excluding carboxylic acids is 2. The fourth-order valence-corrected chi connectivity index (χ4v) is 6.09. The number of hydrogen-bond acceptors (Lipinski definition) is 5. The zero-order valence-corrected chi connectivity index (χ0v) is 19.1. The quantitative estimate of drug-likeness (QED) is 0.703. The van der Waals surface area contributed by atoms with Gasteiger partial charge < -0.3 is 24.2 Å². The summed E-state index contributed by atoms with van der Waals surface area (Å²) in [5.74, 6) is 0.171. The molecule has 1 unspecified atom stereocenters. The highest BCUT2D eigenvalue weighted by Crippen LogP contribution is 2.42. The molecule has 1 aromatic carbocycles. The molecule has 4 aliphatic heterocycles. The van der Waals surface area contributed by atoms with E-state index < -0.39 is 0 Å². The topological polar surface area (TPSA) is 62.3 Å². The van der Waals surface area contributed by atoms with E-state index in [4.69, 9.17) is 9.47 Å². The summed E-state index contributed by atoms with van der Waals surface area (Å²) < 4.78 is 10.9. The summed E-state index contributed by atoms with van der Waals surface area (Å²) in [7, 11) is 0. The van der Waals surface area contributed by atoms with Crippen molar-refractivity contribution in [2.75, 3.05) is 45.9 Å². The number of fused-ring (bicyclic) bond motifs is 2. The summed E-state index contributed by atoms with van der Waals surface area (Å²) in [6.07, 6.45) is 4.71. The maximum Gasteiger partial charge on any atom is 0.410 e. The number of benzene rings is 1. The average Bonchev–Trinajstić information content (AvgIpc) is 3.33. The largest absolute Gasteiger partial charge is 0.444 e. The summed E-state index contributed by atoms with van der Waals surface area (Å²) in [4.78, 5) is 31.2. The van der Waals surface area contributed by atoms with Gasteiger partial charge in [-0.3, -0.25) is 4.79 Å². The Bertz CT molecular complexity index is 844. The van der Waals surface area contributed by atoms with Gasteiger partial charge in [0.15, 0.2) is 0 Å². The van der Waals surface area contributed by atoms with Crippen LogP contribution in [0.2, 0.25) is 0 Å². The van der Waals surface area contributed by atoms with Crippen LogP contribution < -0.4 is 0 Å². The minimum atomic E-state index is -0.181. The second kappa shape index (κ2) is 9.02. The van der Waals surface area contributed by atoms with E-state index in [0.717, 1.165) is 71.4 Å². The minimum absolute atomic E-state index is 0. The summed E-state index contributed by atoms with van der Waals surface area (Å²) >= 11 is 0. The molecule has 1 atom stereocenters. The number of rotatable bonds is 2. The first-order valence-corrected chi connectivity index (χ1v) is 12.2. The van der Waals surface area contributed by atoms with Crippen molar-refractivity contribution in [3.05, 3.63) is 35.4 Å². The van der Waals surface area contributed by atoms with E-state index >= 15 is 0 Å². The first-order valence-electron chi connectivity index (χ1n) is 12.2. The van der Waals surface area contributed by atoms with Crippen LogP contribution in [-0.2, 0) is 26.2 Å². The normalized spacial score (nSPS) is 26.2. The second-order valence-corrected chi connectivity index (χ2v) is 9.94.